The largest absolute Gasteiger partial charge is 0.292 e. The minimum absolute atomic E-state index is 0.173. The van der Waals surface area contributed by atoms with Crippen molar-refractivity contribution in [1.82, 2.24) is 5.32 Å². The molecular formula is C4H8N2O. The van der Waals surface area contributed by atoms with Gasteiger partial charge in [-0.3, -0.25) is 5.32 Å². The lowest BCUT2D eigenvalue weighted by Crippen LogP contribution is -2.11. The average molecular weight is 100 g/mol. The molecule has 0 aromatic rings. The van der Waals surface area contributed by atoms with Crippen LogP contribution < -0.4 is 5.32 Å². The van der Waals surface area contributed by atoms with Gasteiger partial charge in [0, 0.05) is 6.54 Å². The van der Waals surface area contributed by atoms with Crippen LogP contribution in [-0.4, -0.2) is 13.2 Å². The van der Waals surface area contributed by atoms with Gasteiger partial charge < -0.3 is 0 Å². The predicted octanol–water partition coefficient (Wildman–Crippen LogP) is 0.486. The molecule has 0 saturated carbocycles. The molecule has 0 spiro atoms. The standard InChI is InChI=1S/C4H8N2O/c1-2-3-5-4-6-7/h2,5H,1,3-4H2. The molecule has 0 rings (SSSR count). The molecule has 0 aromatic heterocycles. The van der Waals surface area contributed by atoms with E-state index in [0.29, 0.717) is 6.54 Å². The zero-order valence-corrected chi connectivity index (χ0v) is 4.05. The molecule has 0 fully saturated rings. The molecule has 7 heavy (non-hydrogen) atoms. The Morgan fingerprint density at radius 3 is 3.00 bits per heavy atom. The van der Waals surface area contributed by atoms with Crippen molar-refractivity contribution in [2.75, 3.05) is 13.2 Å². The Labute approximate surface area is 42.4 Å². The van der Waals surface area contributed by atoms with Crippen molar-refractivity contribution in [2.24, 2.45) is 5.18 Å². The summed E-state index contributed by atoms with van der Waals surface area (Å²) in [7, 11) is 0. The van der Waals surface area contributed by atoms with Crippen LogP contribution in [0, 0.1) is 4.91 Å². The minimum Gasteiger partial charge on any atom is -0.292 e. The van der Waals surface area contributed by atoms with E-state index in [-0.39, 0.29) is 6.67 Å². The van der Waals surface area contributed by atoms with Crippen LogP contribution in [0.25, 0.3) is 0 Å². The summed E-state index contributed by atoms with van der Waals surface area (Å²) in [5.74, 6) is 0. The van der Waals surface area contributed by atoms with Crippen molar-refractivity contribution < 1.29 is 0 Å². The minimum atomic E-state index is 0.173. The fourth-order valence-corrected chi connectivity index (χ4v) is 0.212. The van der Waals surface area contributed by atoms with Gasteiger partial charge in [0.25, 0.3) is 0 Å². The summed E-state index contributed by atoms with van der Waals surface area (Å²) in [6.07, 6.45) is 1.67. The maximum absolute atomic E-state index is 9.33. The number of hydrogen-bond donors (Lipinski definition) is 1. The third-order valence-corrected chi connectivity index (χ3v) is 0.465. The quantitative estimate of drug-likeness (QED) is 0.317. The molecule has 0 atom stereocenters. The van der Waals surface area contributed by atoms with E-state index in [2.05, 4.69) is 17.1 Å². The Balaban J connectivity index is 2.68. The van der Waals surface area contributed by atoms with E-state index in [1.165, 1.54) is 0 Å². The fourth-order valence-electron chi connectivity index (χ4n) is 0.212. The third kappa shape index (κ3) is 5.30. The second kappa shape index (κ2) is 5.30. The van der Waals surface area contributed by atoms with Crippen molar-refractivity contribution >= 4 is 0 Å². The van der Waals surface area contributed by atoms with Crippen molar-refractivity contribution in [2.45, 2.75) is 0 Å². The second-order valence-electron chi connectivity index (χ2n) is 1.03. The van der Waals surface area contributed by atoms with E-state index in [9.17, 15) is 4.91 Å². The Morgan fingerprint density at radius 1 is 1.86 bits per heavy atom. The van der Waals surface area contributed by atoms with Crippen molar-refractivity contribution in [3.63, 3.8) is 0 Å². The molecule has 0 bridgehead atoms. The second-order valence-corrected chi connectivity index (χ2v) is 1.03. The molecule has 0 aliphatic rings. The molecule has 1 N–H and O–H groups in total. The molecule has 0 radical (unpaired) electrons. The van der Waals surface area contributed by atoms with E-state index < -0.39 is 0 Å². The Kier molecular flexibility index (Phi) is 4.77. The summed E-state index contributed by atoms with van der Waals surface area (Å²) >= 11 is 0. The van der Waals surface area contributed by atoms with Gasteiger partial charge in [-0.05, 0) is 0 Å². The van der Waals surface area contributed by atoms with E-state index in [1.54, 1.807) is 6.08 Å². The summed E-state index contributed by atoms with van der Waals surface area (Å²) in [5.41, 5.74) is 0. The SMILES string of the molecule is C=CCNCN=O. The van der Waals surface area contributed by atoms with Gasteiger partial charge in [0.2, 0.25) is 0 Å². The summed E-state index contributed by atoms with van der Waals surface area (Å²) in [5, 5.41) is 5.25. The number of nitrogens with zero attached hydrogens (tertiary/aromatic N) is 1. The average Bonchev–Trinajstić information content (AvgIpc) is 1.69. The first kappa shape index (κ1) is 6.30. The number of nitroso groups, excluding NO2 is 1. The van der Waals surface area contributed by atoms with Gasteiger partial charge in [0.1, 0.15) is 6.67 Å². The topological polar surface area (TPSA) is 41.5 Å². The monoisotopic (exact) mass is 100 g/mol. The summed E-state index contributed by atoms with van der Waals surface area (Å²) < 4.78 is 0. The van der Waals surface area contributed by atoms with E-state index in [4.69, 9.17) is 0 Å². The van der Waals surface area contributed by atoms with Crippen molar-refractivity contribution in [1.29, 1.82) is 0 Å². The van der Waals surface area contributed by atoms with Crippen LogP contribution in [0.1, 0.15) is 0 Å². The van der Waals surface area contributed by atoms with Gasteiger partial charge in [-0.1, -0.05) is 11.3 Å². The summed E-state index contributed by atoms with van der Waals surface area (Å²) in [6, 6.07) is 0. The maximum atomic E-state index is 9.33. The molecular weight excluding hydrogens is 92.1 g/mol. The van der Waals surface area contributed by atoms with Gasteiger partial charge in [-0.15, -0.1) is 11.5 Å². The first-order valence-electron chi connectivity index (χ1n) is 2.02. The molecule has 40 valence electrons. The van der Waals surface area contributed by atoms with Crippen LogP contribution in [0.2, 0.25) is 0 Å². The predicted molar refractivity (Wildman–Crippen MR) is 28.9 cm³/mol. The van der Waals surface area contributed by atoms with Crippen molar-refractivity contribution in [3.05, 3.63) is 17.6 Å². The highest BCUT2D eigenvalue weighted by atomic mass is 16.3. The lowest BCUT2D eigenvalue weighted by atomic mass is 10.6. The Bertz CT molecular complexity index is 54.7. The van der Waals surface area contributed by atoms with Crippen LogP contribution in [0.15, 0.2) is 17.8 Å². The lowest BCUT2D eigenvalue weighted by Gasteiger charge is -1.86. The van der Waals surface area contributed by atoms with Crippen LogP contribution in [0.3, 0.4) is 0 Å². The molecule has 0 aliphatic carbocycles. The van der Waals surface area contributed by atoms with E-state index in [0.717, 1.165) is 0 Å². The molecule has 3 heteroatoms. The molecule has 3 nitrogen and oxygen atoms in total. The molecule has 0 heterocycles. The number of nitrogens with one attached hydrogen (secondary N) is 1. The lowest BCUT2D eigenvalue weighted by molar-refractivity contribution is 0.773. The molecule has 0 aromatic carbocycles. The zero-order chi connectivity index (χ0) is 5.54. The van der Waals surface area contributed by atoms with E-state index in [1.807, 2.05) is 0 Å². The summed E-state index contributed by atoms with van der Waals surface area (Å²) in [4.78, 5) is 9.33. The highest BCUT2D eigenvalue weighted by Gasteiger charge is 1.73. The fraction of sp³-hybridized carbons (Fsp3) is 0.500. The van der Waals surface area contributed by atoms with E-state index >= 15 is 0 Å². The molecule has 0 saturated heterocycles. The molecule has 0 aliphatic heterocycles. The number of hydrogen-bond acceptors (Lipinski definition) is 3. The van der Waals surface area contributed by atoms with Gasteiger partial charge in [-0.2, -0.15) is 0 Å². The van der Waals surface area contributed by atoms with Gasteiger partial charge in [0.15, 0.2) is 0 Å². The third-order valence-electron chi connectivity index (χ3n) is 0.465. The molecule has 0 unspecified atom stereocenters. The highest BCUT2D eigenvalue weighted by molar-refractivity contribution is 4.68. The number of rotatable bonds is 4. The van der Waals surface area contributed by atoms with Crippen LogP contribution in [-0.2, 0) is 0 Å². The van der Waals surface area contributed by atoms with Crippen molar-refractivity contribution in [3.8, 4) is 0 Å². The normalized spacial score (nSPS) is 8.00. The first-order valence-corrected chi connectivity index (χ1v) is 2.02. The Morgan fingerprint density at radius 2 is 2.57 bits per heavy atom. The van der Waals surface area contributed by atoms with Gasteiger partial charge >= 0.3 is 0 Å². The zero-order valence-electron chi connectivity index (χ0n) is 4.05. The van der Waals surface area contributed by atoms with Gasteiger partial charge in [-0.25, -0.2) is 0 Å². The van der Waals surface area contributed by atoms with Gasteiger partial charge in [0.05, 0.1) is 0 Å². The van der Waals surface area contributed by atoms with Crippen LogP contribution >= 0.6 is 0 Å². The first-order chi connectivity index (χ1) is 3.41. The maximum Gasteiger partial charge on any atom is 0.131 e. The smallest absolute Gasteiger partial charge is 0.131 e. The molecule has 0 amide bonds. The van der Waals surface area contributed by atoms with Crippen LogP contribution in [0.5, 0.6) is 0 Å². The highest BCUT2D eigenvalue weighted by Crippen LogP contribution is 1.59. The Hall–Kier alpha value is -0.700. The summed E-state index contributed by atoms with van der Waals surface area (Å²) in [6.45, 7) is 4.24. The van der Waals surface area contributed by atoms with Crippen LogP contribution in [0.4, 0.5) is 0 Å².